The highest BCUT2D eigenvalue weighted by Gasteiger charge is 1.94. The highest BCUT2D eigenvalue weighted by Crippen LogP contribution is 2.07. The Hall–Kier alpha value is -1.82. The smallest absolute Gasteiger partial charge is 0.224 e. The maximum absolute atomic E-state index is 10.5. The van der Waals surface area contributed by atoms with E-state index in [2.05, 4.69) is 12.2 Å². The van der Waals surface area contributed by atoms with Crippen molar-refractivity contribution >= 4 is 11.6 Å². The van der Waals surface area contributed by atoms with E-state index in [1.54, 1.807) is 24.3 Å². The number of benzene rings is 1. The minimum Gasteiger partial charge on any atom is -0.326 e. The van der Waals surface area contributed by atoms with Crippen molar-refractivity contribution in [3.8, 4) is 6.07 Å². The predicted molar refractivity (Wildman–Crippen MR) is 45.1 cm³/mol. The summed E-state index contributed by atoms with van der Waals surface area (Å²) >= 11 is 0. The quantitative estimate of drug-likeness (QED) is 0.672. The number of carbonyl (C=O) groups is 1. The lowest BCUT2D eigenvalue weighted by Crippen LogP contribution is -2.05. The first kappa shape index (κ1) is 8.28. The molecule has 0 aliphatic heterocycles. The third kappa shape index (κ3) is 2.10. The topological polar surface area (TPSA) is 52.9 Å². The van der Waals surface area contributed by atoms with Crippen LogP contribution in [-0.2, 0) is 4.79 Å². The van der Waals surface area contributed by atoms with Gasteiger partial charge in [0.15, 0.2) is 0 Å². The van der Waals surface area contributed by atoms with Gasteiger partial charge in [0.25, 0.3) is 0 Å². The van der Waals surface area contributed by atoms with Gasteiger partial charge in [0.1, 0.15) is 0 Å². The van der Waals surface area contributed by atoms with Gasteiger partial charge >= 0.3 is 0 Å². The maximum atomic E-state index is 10.5. The molecule has 0 aromatic heterocycles. The summed E-state index contributed by atoms with van der Waals surface area (Å²) in [7, 11) is 0. The molecule has 0 aliphatic rings. The van der Waals surface area contributed by atoms with Crippen molar-refractivity contribution in [3.63, 3.8) is 0 Å². The molecule has 0 atom stereocenters. The van der Waals surface area contributed by atoms with E-state index in [4.69, 9.17) is 5.26 Å². The van der Waals surface area contributed by atoms with E-state index in [9.17, 15) is 4.79 Å². The molecule has 1 aromatic rings. The lowest BCUT2D eigenvalue weighted by atomic mass is 10.2. The van der Waals surface area contributed by atoms with Gasteiger partial charge in [0, 0.05) is 12.6 Å². The van der Waals surface area contributed by atoms with Crippen LogP contribution in [0.5, 0.6) is 0 Å². The van der Waals surface area contributed by atoms with Gasteiger partial charge in [-0.1, -0.05) is 0 Å². The fourth-order valence-corrected chi connectivity index (χ4v) is 0.789. The van der Waals surface area contributed by atoms with Crippen molar-refractivity contribution in [1.82, 2.24) is 0 Å². The first-order chi connectivity index (χ1) is 5.72. The largest absolute Gasteiger partial charge is 0.326 e. The minimum atomic E-state index is -0.361. The zero-order valence-corrected chi connectivity index (χ0v) is 6.37. The van der Waals surface area contributed by atoms with Crippen LogP contribution >= 0.6 is 0 Å². The van der Waals surface area contributed by atoms with Crippen LogP contribution in [0.15, 0.2) is 24.3 Å². The number of amides is 1. The first-order valence-corrected chi connectivity index (χ1v) is 3.35. The Kier molecular flexibility index (Phi) is 2.44. The van der Waals surface area contributed by atoms with Gasteiger partial charge in [-0.25, -0.2) is 0 Å². The molecule has 0 spiro atoms. The Morgan fingerprint density at radius 1 is 1.42 bits per heavy atom. The van der Waals surface area contributed by atoms with Crippen LogP contribution in [0.4, 0.5) is 5.69 Å². The van der Waals surface area contributed by atoms with Crippen LogP contribution in [0.25, 0.3) is 0 Å². The van der Waals surface area contributed by atoms with Crippen LogP contribution in [-0.4, -0.2) is 5.91 Å². The Bertz CT molecular complexity index is 321. The van der Waals surface area contributed by atoms with Gasteiger partial charge in [0.2, 0.25) is 5.91 Å². The molecular formula is C9H7N2O. The number of nitrogens with one attached hydrogen (secondary N) is 1. The summed E-state index contributed by atoms with van der Waals surface area (Å²) in [5, 5.41) is 11.0. The third-order valence-corrected chi connectivity index (χ3v) is 1.30. The lowest BCUT2D eigenvalue weighted by molar-refractivity contribution is -0.112. The van der Waals surface area contributed by atoms with Crippen molar-refractivity contribution in [2.45, 2.75) is 0 Å². The molecule has 0 saturated heterocycles. The molecule has 0 saturated carbocycles. The number of hydrogen-bond donors (Lipinski definition) is 1. The molecule has 1 aromatic carbocycles. The highest BCUT2D eigenvalue weighted by atomic mass is 16.1. The fourth-order valence-electron chi connectivity index (χ4n) is 0.789. The van der Waals surface area contributed by atoms with E-state index in [0.717, 1.165) is 0 Å². The second-order valence-electron chi connectivity index (χ2n) is 2.24. The molecule has 1 radical (unpaired) electrons. The van der Waals surface area contributed by atoms with E-state index in [1.165, 1.54) is 0 Å². The highest BCUT2D eigenvalue weighted by molar-refractivity contribution is 5.93. The molecule has 1 rings (SSSR count). The van der Waals surface area contributed by atoms with E-state index >= 15 is 0 Å². The van der Waals surface area contributed by atoms with E-state index in [0.29, 0.717) is 11.3 Å². The molecule has 1 N–H and O–H groups in total. The summed E-state index contributed by atoms with van der Waals surface area (Å²) in [6.45, 7) is 3.16. The summed E-state index contributed by atoms with van der Waals surface area (Å²) < 4.78 is 0. The SMILES string of the molecule is [CH2]C(=O)Nc1ccc(C#N)cc1. The van der Waals surface area contributed by atoms with Gasteiger partial charge in [-0.05, 0) is 24.3 Å². The fraction of sp³-hybridized carbons (Fsp3) is 0. The van der Waals surface area contributed by atoms with Crippen LogP contribution in [0.1, 0.15) is 5.56 Å². The summed E-state index contributed by atoms with van der Waals surface area (Å²) in [5.41, 5.74) is 1.21. The van der Waals surface area contributed by atoms with Gasteiger partial charge in [-0.3, -0.25) is 4.79 Å². The average Bonchev–Trinajstić information content (AvgIpc) is 2.05. The number of hydrogen-bond acceptors (Lipinski definition) is 2. The molecule has 0 heterocycles. The molecule has 0 unspecified atom stereocenters. The Morgan fingerprint density at radius 3 is 2.42 bits per heavy atom. The third-order valence-electron chi connectivity index (χ3n) is 1.30. The van der Waals surface area contributed by atoms with Crippen molar-refractivity contribution in [2.75, 3.05) is 5.32 Å². The second-order valence-corrected chi connectivity index (χ2v) is 2.24. The monoisotopic (exact) mass is 159 g/mol. The number of nitrogens with zero attached hydrogens (tertiary/aromatic N) is 1. The Balaban J connectivity index is 2.80. The molecular weight excluding hydrogens is 152 g/mol. The first-order valence-electron chi connectivity index (χ1n) is 3.35. The number of nitriles is 1. The molecule has 3 nitrogen and oxygen atoms in total. The van der Waals surface area contributed by atoms with Gasteiger partial charge in [0.05, 0.1) is 11.6 Å². The van der Waals surface area contributed by atoms with Crippen molar-refractivity contribution < 1.29 is 4.79 Å². The Morgan fingerprint density at radius 2 is 2.00 bits per heavy atom. The molecule has 0 fully saturated rings. The van der Waals surface area contributed by atoms with E-state index < -0.39 is 0 Å². The van der Waals surface area contributed by atoms with Crippen LogP contribution in [0.3, 0.4) is 0 Å². The zero-order chi connectivity index (χ0) is 8.97. The summed E-state index contributed by atoms with van der Waals surface area (Å²) in [4.78, 5) is 10.5. The molecule has 3 heteroatoms. The predicted octanol–water partition coefficient (Wildman–Crippen LogP) is 1.33. The molecule has 0 aliphatic carbocycles. The van der Waals surface area contributed by atoms with Crippen molar-refractivity contribution in [3.05, 3.63) is 36.8 Å². The maximum Gasteiger partial charge on any atom is 0.224 e. The van der Waals surface area contributed by atoms with Crippen LogP contribution in [0.2, 0.25) is 0 Å². The molecule has 12 heavy (non-hydrogen) atoms. The average molecular weight is 159 g/mol. The molecule has 59 valence electrons. The standard InChI is InChI=1S/C9H7N2O/c1-7(12)11-9-4-2-8(6-10)3-5-9/h2-5H,1H2,(H,11,12). The number of carbonyl (C=O) groups excluding carboxylic acids is 1. The Labute approximate surface area is 70.6 Å². The normalized spacial score (nSPS) is 8.67. The summed E-state index contributed by atoms with van der Waals surface area (Å²) in [5.74, 6) is -0.361. The lowest BCUT2D eigenvalue weighted by Gasteiger charge is -1.99. The van der Waals surface area contributed by atoms with E-state index in [1.807, 2.05) is 6.07 Å². The van der Waals surface area contributed by atoms with Crippen molar-refractivity contribution in [1.29, 1.82) is 5.26 Å². The van der Waals surface area contributed by atoms with Gasteiger partial charge in [-0.15, -0.1) is 0 Å². The van der Waals surface area contributed by atoms with Gasteiger partial charge < -0.3 is 5.32 Å². The van der Waals surface area contributed by atoms with Crippen molar-refractivity contribution in [2.24, 2.45) is 0 Å². The molecule has 0 bridgehead atoms. The van der Waals surface area contributed by atoms with Crippen LogP contribution < -0.4 is 5.32 Å². The second kappa shape index (κ2) is 3.54. The minimum absolute atomic E-state index is 0.361. The summed E-state index contributed by atoms with van der Waals surface area (Å²) in [6.07, 6.45) is 0. The number of anilines is 1. The van der Waals surface area contributed by atoms with Crippen LogP contribution in [0, 0.1) is 18.3 Å². The number of rotatable bonds is 1. The van der Waals surface area contributed by atoms with E-state index in [-0.39, 0.29) is 5.91 Å². The van der Waals surface area contributed by atoms with Gasteiger partial charge in [-0.2, -0.15) is 5.26 Å². The zero-order valence-electron chi connectivity index (χ0n) is 6.37. The summed E-state index contributed by atoms with van der Waals surface area (Å²) in [6, 6.07) is 8.55. The molecule has 1 amide bonds.